The van der Waals surface area contributed by atoms with Crippen LogP contribution in [0.2, 0.25) is 0 Å². The molecule has 1 aromatic rings. The minimum atomic E-state index is 0.911. The summed E-state index contributed by atoms with van der Waals surface area (Å²) in [5.41, 5.74) is 2.61. The molecule has 6 heteroatoms. The van der Waals surface area contributed by atoms with Gasteiger partial charge in [-0.15, -0.1) is 0 Å². The topological polar surface area (TPSA) is 53.1 Å². The second-order valence-electron chi connectivity index (χ2n) is 4.95. The van der Waals surface area contributed by atoms with Gasteiger partial charge in [0.25, 0.3) is 0 Å². The Hall–Kier alpha value is -0.850. The molecule has 0 radical (unpaired) electrons. The quantitative estimate of drug-likeness (QED) is 0.600. The number of hydrogen-bond donors (Lipinski definition) is 2. The number of nitrogens with one attached hydrogen (secondary N) is 2. The molecule has 0 unspecified atom stereocenters. The summed E-state index contributed by atoms with van der Waals surface area (Å²) in [7, 11) is 0. The van der Waals surface area contributed by atoms with Crippen molar-refractivity contribution in [1.82, 2.24) is 20.6 Å². The van der Waals surface area contributed by atoms with Crippen molar-refractivity contribution in [3.05, 3.63) is 11.3 Å². The van der Waals surface area contributed by atoms with Gasteiger partial charge in [-0.2, -0.15) is 0 Å². The number of anilines is 1. The molecule has 1 fully saturated rings. The fourth-order valence-corrected chi connectivity index (χ4v) is 3.11. The molecule has 5 nitrogen and oxygen atoms in total. The highest BCUT2D eigenvalue weighted by atomic mass is 32.2. The molecular weight excluding hydrogens is 258 g/mol. The highest BCUT2D eigenvalue weighted by molar-refractivity contribution is 7.98. The Bertz CT molecular complexity index is 445. The van der Waals surface area contributed by atoms with Crippen LogP contribution >= 0.6 is 11.8 Å². The van der Waals surface area contributed by atoms with Gasteiger partial charge in [0, 0.05) is 44.7 Å². The lowest BCUT2D eigenvalue weighted by Gasteiger charge is -2.30. The van der Waals surface area contributed by atoms with E-state index in [0.29, 0.717) is 0 Å². The van der Waals surface area contributed by atoms with E-state index in [0.717, 1.165) is 57.3 Å². The number of thioether (sulfide) groups is 1. The van der Waals surface area contributed by atoms with Crippen LogP contribution in [0.25, 0.3) is 0 Å². The Labute approximate surface area is 118 Å². The average Bonchev–Trinajstić information content (AvgIpc) is 2.72. The molecule has 19 heavy (non-hydrogen) atoms. The summed E-state index contributed by atoms with van der Waals surface area (Å²) < 4.78 is 0. The van der Waals surface area contributed by atoms with Crippen LogP contribution in [-0.4, -0.2) is 55.5 Å². The fourth-order valence-electron chi connectivity index (χ4n) is 2.73. The van der Waals surface area contributed by atoms with Crippen LogP contribution in [0.5, 0.6) is 0 Å². The first-order valence-corrected chi connectivity index (χ1v) is 8.21. The van der Waals surface area contributed by atoms with E-state index in [1.165, 1.54) is 17.1 Å². The van der Waals surface area contributed by atoms with Gasteiger partial charge >= 0.3 is 0 Å². The van der Waals surface area contributed by atoms with Crippen LogP contribution in [0.3, 0.4) is 0 Å². The molecular formula is C13H21N5S. The summed E-state index contributed by atoms with van der Waals surface area (Å²) in [6, 6.07) is 0. The molecule has 1 saturated heterocycles. The molecule has 104 valence electrons. The van der Waals surface area contributed by atoms with Crippen molar-refractivity contribution in [1.29, 1.82) is 0 Å². The number of fused-ring (bicyclic) bond motifs is 1. The SMILES string of the molecule is CSc1nc2c(c(N3CCNCC3)n1)CCNCC2. The number of nitrogens with zero attached hydrogens (tertiary/aromatic N) is 3. The third-order valence-corrected chi connectivity index (χ3v) is 4.29. The Morgan fingerprint density at radius 3 is 2.53 bits per heavy atom. The molecule has 0 amide bonds. The Kier molecular flexibility index (Phi) is 4.20. The zero-order valence-electron chi connectivity index (χ0n) is 11.4. The summed E-state index contributed by atoms with van der Waals surface area (Å²) in [6.07, 6.45) is 4.12. The summed E-state index contributed by atoms with van der Waals surface area (Å²) in [4.78, 5) is 11.9. The zero-order valence-corrected chi connectivity index (χ0v) is 12.2. The summed E-state index contributed by atoms with van der Waals surface area (Å²) in [5, 5.41) is 7.77. The summed E-state index contributed by atoms with van der Waals surface area (Å²) in [5.74, 6) is 1.18. The zero-order chi connectivity index (χ0) is 13.1. The van der Waals surface area contributed by atoms with Crippen molar-refractivity contribution in [3.63, 3.8) is 0 Å². The van der Waals surface area contributed by atoms with Crippen molar-refractivity contribution in [2.75, 3.05) is 50.4 Å². The lowest BCUT2D eigenvalue weighted by Crippen LogP contribution is -2.44. The second kappa shape index (κ2) is 6.07. The fraction of sp³-hybridized carbons (Fsp3) is 0.692. The highest BCUT2D eigenvalue weighted by Gasteiger charge is 2.21. The summed E-state index contributed by atoms with van der Waals surface area (Å²) in [6.45, 7) is 6.25. The molecule has 0 aromatic carbocycles. The standard InChI is InChI=1S/C13H21N5S/c1-19-13-16-11-3-5-14-4-2-10(11)12(17-13)18-8-6-15-7-9-18/h14-15H,2-9H2,1H3. The maximum atomic E-state index is 4.79. The number of aromatic nitrogens is 2. The first-order chi connectivity index (χ1) is 9.38. The first-order valence-electron chi connectivity index (χ1n) is 6.98. The molecule has 3 heterocycles. The van der Waals surface area contributed by atoms with Gasteiger partial charge in [-0.3, -0.25) is 0 Å². The van der Waals surface area contributed by atoms with Crippen LogP contribution in [0.1, 0.15) is 11.3 Å². The summed E-state index contributed by atoms with van der Waals surface area (Å²) >= 11 is 1.64. The molecule has 3 rings (SSSR count). The minimum absolute atomic E-state index is 0.911. The van der Waals surface area contributed by atoms with E-state index in [9.17, 15) is 0 Å². The predicted molar refractivity (Wildman–Crippen MR) is 79.2 cm³/mol. The lowest BCUT2D eigenvalue weighted by molar-refractivity contribution is 0.579. The van der Waals surface area contributed by atoms with E-state index >= 15 is 0 Å². The molecule has 2 aliphatic rings. The Morgan fingerprint density at radius 2 is 1.74 bits per heavy atom. The number of hydrogen-bond acceptors (Lipinski definition) is 6. The van der Waals surface area contributed by atoms with Crippen molar-refractivity contribution >= 4 is 17.6 Å². The van der Waals surface area contributed by atoms with E-state index in [1.807, 2.05) is 0 Å². The maximum absolute atomic E-state index is 4.79. The van der Waals surface area contributed by atoms with Crippen LogP contribution in [0.4, 0.5) is 5.82 Å². The molecule has 0 aliphatic carbocycles. The molecule has 1 aromatic heterocycles. The van der Waals surface area contributed by atoms with Gasteiger partial charge in [0.1, 0.15) is 5.82 Å². The van der Waals surface area contributed by atoms with Gasteiger partial charge in [0.15, 0.2) is 5.16 Å². The molecule has 2 aliphatic heterocycles. The van der Waals surface area contributed by atoms with E-state index < -0.39 is 0 Å². The Morgan fingerprint density at radius 1 is 1.00 bits per heavy atom. The van der Waals surface area contributed by atoms with Gasteiger partial charge in [-0.1, -0.05) is 11.8 Å². The molecule has 0 saturated carbocycles. The third-order valence-electron chi connectivity index (χ3n) is 3.74. The Balaban J connectivity index is 1.99. The minimum Gasteiger partial charge on any atom is -0.354 e. The van der Waals surface area contributed by atoms with Crippen molar-refractivity contribution in [2.24, 2.45) is 0 Å². The van der Waals surface area contributed by atoms with Gasteiger partial charge in [0.2, 0.25) is 0 Å². The van der Waals surface area contributed by atoms with Crippen LogP contribution < -0.4 is 15.5 Å². The van der Waals surface area contributed by atoms with E-state index in [2.05, 4.69) is 21.8 Å². The second-order valence-corrected chi connectivity index (χ2v) is 5.72. The molecule has 2 N–H and O–H groups in total. The monoisotopic (exact) mass is 279 g/mol. The number of rotatable bonds is 2. The smallest absolute Gasteiger partial charge is 0.189 e. The largest absolute Gasteiger partial charge is 0.354 e. The molecule has 0 bridgehead atoms. The van der Waals surface area contributed by atoms with Crippen molar-refractivity contribution in [3.8, 4) is 0 Å². The van der Waals surface area contributed by atoms with Crippen molar-refractivity contribution in [2.45, 2.75) is 18.0 Å². The van der Waals surface area contributed by atoms with Gasteiger partial charge in [0.05, 0.1) is 5.69 Å². The lowest BCUT2D eigenvalue weighted by atomic mass is 10.1. The van der Waals surface area contributed by atoms with Crippen LogP contribution in [0.15, 0.2) is 5.16 Å². The van der Waals surface area contributed by atoms with Gasteiger partial charge < -0.3 is 15.5 Å². The normalized spacial score (nSPS) is 19.9. The number of piperazine rings is 1. The van der Waals surface area contributed by atoms with Gasteiger partial charge in [-0.05, 0) is 19.2 Å². The van der Waals surface area contributed by atoms with E-state index in [1.54, 1.807) is 11.8 Å². The van der Waals surface area contributed by atoms with Crippen molar-refractivity contribution < 1.29 is 0 Å². The average molecular weight is 279 g/mol. The maximum Gasteiger partial charge on any atom is 0.189 e. The molecule has 0 spiro atoms. The molecule has 0 atom stereocenters. The van der Waals surface area contributed by atoms with Crippen LogP contribution in [-0.2, 0) is 12.8 Å². The van der Waals surface area contributed by atoms with E-state index in [4.69, 9.17) is 9.97 Å². The van der Waals surface area contributed by atoms with Crippen LogP contribution in [0, 0.1) is 0 Å². The van der Waals surface area contributed by atoms with Gasteiger partial charge in [-0.25, -0.2) is 9.97 Å². The van der Waals surface area contributed by atoms with E-state index in [-0.39, 0.29) is 0 Å². The predicted octanol–water partition coefficient (Wildman–Crippen LogP) is 0.296. The highest BCUT2D eigenvalue weighted by Crippen LogP contribution is 2.26. The third kappa shape index (κ3) is 2.85. The first kappa shape index (κ1) is 13.1.